The maximum absolute atomic E-state index is 15.9. The van der Waals surface area contributed by atoms with Gasteiger partial charge in [0.25, 0.3) is 0 Å². The number of fused-ring (bicyclic) bond motifs is 3. The van der Waals surface area contributed by atoms with Gasteiger partial charge in [0, 0.05) is 34.4 Å². The molecule has 2 saturated carbocycles. The molecule has 3 N–H and O–H groups in total. The van der Waals surface area contributed by atoms with Crippen LogP contribution in [0.2, 0.25) is 10.2 Å². The van der Waals surface area contributed by atoms with Gasteiger partial charge in [0.05, 0.1) is 6.04 Å². The highest BCUT2D eigenvalue weighted by Crippen LogP contribution is 2.62. The molecule has 9 heteroatoms. The largest absolute Gasteiger partial charge is 0.352 e. The summed E-state index contributed by atoms with van der Waals surface area (Å²) < 4.78 is 15.9. The zero-order valence-corrected chi connectivity index (χ0v) is 24.5. The third-order valence-corrected chi connectivity index (χ3v) is 10.8. The third kappa shape index (κ3) is 4.26. The number of hydrogen-bond acceptors (Lipinski definition) is 4. The van der Waals surface area contributed by atoms with Crippen molar-refractivity contribution in [1.29, 1.82) is 0 Å². The zero-order chi connectivity index (χ0) is 28.2. The maximum atomic E-state index is 15.9. The Bertz CT molecular complexity index is 1320. The Balaban J connectivity index is 1.48. The molecule has 1 aromatic heterocycles. The lowest BCUT2D eigenvalue weighted by molar-refractivity contribution is -0.124. The SMILES string of the molecule is CC(C)C1CCC(NC(=O)[C@@H]2NC3(CCCCC3)[C@@]3(C(=O)Nc4cc(Cl)ccc43)[C@H]2c2ccnc(Cl)c2F)CC1. The number of pyridine rings is 1. The summed E-state index contributed by atoms with van der Waals surface area (Å²) in [6.07, 6.45) is 9.69. The van der Waals surface area contributed by atoms with Crippen molar-refractivity contribution >= 4 is 40.7 Å². The quantitative estimate of drug-likeness (QED) is 0.357. The molecule has 0 bridgehead atoms. The van der Waals surface area contributed by atoms with Crippen molar-refractivity contribution < 1.29 is 14.0 Å². The standard InChI is InChI=1S/C31H37Cl2FN4O2/c1-17(2)18-6-9-20(10-7-18)36-28(39)26-24(21-12-15-35-27(33)25(21)34)31(30(38-26)13-4-3-5-14-30)22-11-8-19(32)16-23(22)37-29(31)40/h8,11-12,15-18,20,24,26,38H,3-7,9-10,13-14H2,1-2H3,(H,36,39)(H,37,40)/t18?,20?,24-,26+,31+/m0/s1. The molecule has 2 aliphatic carbocycles. The van der Waals surface area contributed by atoms with Crippen molar-refractivity contribution in [2.24, 2.45) is 11.8 Å². The number of carbonyl (C=O) groups excluding carboxylic acids is 2. The van der Waals surface area contributed by atoms with E-state index in [0.29, 0.717) is 35.4 Å². The Morgan fingerprint density at radius 2 is 1.82 bits per heavy atom. The van der Waals surface area contributed by atoms with E-state index in [1.807, 2.05) is 6.07 Å². The van der Waals surface area contributed by atoms with Gasteiger partial charge in [-0.2, -0.15) is 0 Å². The highest BCUT2D eigenvalue weighted by atomic mass is 35.5. The van der Waals surface area contributed by atoms with Crippen LogP contribution in [0.25, 0.3) is 0 Å². The summed E-state index contributed by atoms with van der Waals surface area (Å²) in [6.45, 7) is 4.51. The molecule has 40 heavy (non-hydrogen) atoms. The van der Waals surface area contributed by atoms with Gasteiger partial charge in [0.1, 0.15) is 5.41 Å². The normalized spacial score (nSPS) is 31.0. The second-order valence-corrected chi connectivity index (χ2v) is 13.4. The van der Waals surface area contributed by atoms with Crippen LogP contribution >= 0.6 is 23.2 Å². The summed E-state index contributed by atoms with van der Waals surface area (Å²) in [6, 6.07) is 6.18. The van der Waals surface area contributed by atoms with Crippen molar-refractivity contribution in [2.45, 2.75) is 101 Å². The molecule has 3 heterocycles. The monoisotopic (exact) mass is 586 g/mol. The minimum Gasteiger partial charge on any atom is -0.352 e. The summed E-state index contributed by atoms with van der Waals surface area (Å²) in [5.41, 5.74) is -0.366. The van der Waals surface area contributed by atoms with E-state index in [1.54, 1.807) is 18.2 Å². The molecule has 4 aliphatic rings. The smallest absolute Gasteiger partial charge is 0.238 e. The van der Waals surface area contributed by atoms with Crippen molar-refractivity contribution in [3.05, 3.63) is 57.6 Å². The van der Waals surface area contributed by atoms with Crippen LogP contribution in [0.1, 0.15) is 88.7 Å². The molecule has 0 radical (unpaired) electrons. The molecule has 3 atom stereocenters. The number of anilines is 1. The topological polar surface area (TPSA) is 83.1 Å². The van der Waals surface area contributed by atoms with Crippen molar-refractivity contribution in [3.8, 4) is 0 Å². The van der Waals surface area contributed by atoms with E-state index in [4.69, 9.17) is 23.2 Å². The summed E-state index contributed by atoms with van der Waals surface area (Å²) in [4.78, 5) is 32.6. The number of benzene rings is 1. The number of aromatic nitrogens is 1. The van der Waals surface area contributed by atoms with Crippen LogP contribution in [0.3, 0.4) is 0 Å². The number of nitrogens with one attached hydrogen (secondary N) is 3. The van der Waals surface area contributed by atoms with E-state index in [2.05, 4.69) is 34.8 Å². The predicted octanol–water partition coefficient (Wildman–Crippen LogP) is 6.51. The molecule has 0 unspecified atom stereocenters. The fourth-order valence-electron chi connectivity index (χ4n) is 8.35. The van der Waals surface area contributed by atoms with Crippen LogP contribution in [-0.4, -0.2) is 34.4 Å². The average molecular weight is 588 g/mol. The number of nitrogens with zero attached hydrogens (tertiary/aromatic N) is 1. The number of amides is 2. The van der Waals surface area contributed by atoms with Crippen LogP contribution in [0.4, 0.5) is 10.1 Å². The van der Waals surface area contributed by atoms with Crippen molar-refractivity contribution in [3.63, 3.8) is 0 Å². The number of halogens is 3. The first kappa shape index (κ1) is 27.9. The summed E-state index contributed by atoms with van der Waals surface area (Å²) >= 11 is 12.6. The van der Waals surface area contributed by atoms with E-state index in [1.165, 1.54) is 6.20 Å². The molecule has 2 amide bonds. The minimum absolute atomic E-state index is 0.0539. The molecule has 1 aromatic carbocycles. The van der Waals surface area contributed by atoms with E-state index < -0.39 is 28.7 Å². The van der Waals surface area contributed by atoms with Crippen LogP contribution in [0, 0.1) is 17.7 Å². The van der Waals surface area contributed by atoms with Crippen molar-refractivity contribution in [1.82, 2.24) is 15.6 Å². The maximum Gasteiger partial charge on any atom is 0.238 e. The van der Waals surface area contributed by atoms with Gasteiger partial charge >= 0.3 is 0 Å². The van der Waals surface area contributed by atoms with Gasteiger partial charge in [-0.25, -0.2) is 9.37 Å². The second kappa shape index (κ2) is 10.6. The first-order valence-electron chi connectivity index (χ1n) is 14.7. The second-order valence-electron chi connectivity index (χ2n) is 12.6. The fourth-order valence-corrected chi connectivity index (χ4v) is 8.69. The number of hydrogen-bond donors (Lipinski definition) is 3. The molecule has 3 fully saturated rings. The molecule has 6 nitrogen and oxygen atoms in total. The van der Waals surface area contributed by atoms with Gasteiger partial charge in [-0.15, -0.1) is 0 Å². The molecular weight excluding hydrogens is 550 g/mol. The van der Waals surface area contributed by atoms with Crippen LogP contribution in [-0.2, 0) is 15.0 Å². The lowest BCUT2D eigenvalue weighted by Gasteiger charge is -2.47. The molecule has 214 valence electrons. The Kier molecular flexibility index (Phi) is 7.37. The Hall–Kier alpha value is -2.22. The van der Waals surface area contributed by atoms with Crippen molar-refractivity contribution in [2.75, 3.05) is 5.32 Å². The third-order valence-electron chi connectivity index (χ3n) is 10.3. The van der Waals surface area contributed by atoms with E-state index in [0.717, 1.165) is 50.5 Å². The summed E-state index contributed by atoms with van der Waals surface area (Å²) in [5.74, 6) is -0.656. The van der Waals surface area contributed by atoms with Gasteiger partial charge in [0.2, 0.25) is 11.8 Å². The Morgan fingerprint density at radius 1 is 1.10 bits per heavy atom. The van der Waals surface area contributed by atoms with Gasteiger partial charge in [-0.05, 0) is 79.7 Å². The van der Waals surface area contributed by atoms with E-state index >= 15 is 4.39 Å². The van der Waals surface area contributed by atoms with Crippen LogP contribution in [0.15, 0.2) is 30.5 Å². The summed E-state index contributed by atoms with van der Waals surface area (Å²) in [7, 11) is 0. The van der Waals surface area contributed by atoms with Gasteiger partial charge < -0.3 is 10.6 Å². The molecule has 6 rings (SSSR count). The average Bonchev–Trinajstić information content (AvgIpc) is 3.38. The first-order chi connectivity index (χ1) is 19.2. The van der Waals surface area contributed by atoms with Gasteiger partial charge in [-0.1, -0.05) is 62.4 Å². The van der Waals surface area contributed by atoms with Crippen LogP contribution < -0.4 is 16.0 Å². The van der Waals surface area contributed by atoms with E-state index in [9.17, 15) is 9.59 Å². The van der Waals surface area contributed by atoms with E-state index in [-0.39, 0.29) is 28.6 Å². The predicted molar refractivity (Wildman–Crippen MR) is 155 cm³/mol. The first-order valence-corrected chi connectivity index (χ1v) is 15.4. The lowest BCUT2D eigenvalue weighted by atomic mass is 9.55. The Morgan fingerprint density at radius 3 is 2.52 bits per heavy atom. The van der Waals surface area contributed by atoms with Crippen LogP contribution in [0.5, 0.6) is 0 Å². The highest BCUT2D eigenvalue weighted by molar-refractivity contribution is 6.31. The number of rotatable bonds is 4. The Labute approximate surface area is 245 Å². The molecule has 2 spiro atoms. The number of carbonyl (C=O) groups is 2. The summed E-state index contributed by atoms with van der Waals surface area (Å²) in [5, 5.41) is 10.3. The van der Waals surface area contributed by atoms with Gasteiger partial charge in [0.15, 0.2) is 11.0 Å². The molecule has 2 aromatic rings. The van der Waals surface area contributed by atoms with Gasteiger partial charge in [-0.3, -0.25) is 14.9 Å². The highest BCUT2D eigenvalue weighted by Gasteiger charge is 2.72. The molecule has 2 aliphatic heterocycles. The lowest BCUT2D eigenvalue weighted by Crippen LogP contribution is -2.60. The minimum atomic E-state index is -1.23. The molecule has 1 saturated heterocycles. The molecular formula is C31H37Cl2FN4O2. The zero-order valence-electron chi connectivity index (χ0n) is 23.0. The fraction of sp³-hybridized carbons (Fsp3) is 0.581.